The first kappa shape index (κ1) is 9.96. The van der Waals surface area contributed by atoms with E-state index in [1.807, 2.05) is 12.1 Å². The maximum atomic E-state index is 5.25. The molecule has 0 unspecified atom stereocenters. The summed E-state index contributed by atoms with van der Waals surface area (Å²) >= 11 is 0. The van der Waals surface area contributed by atoms with Gasteiger partial charge in [0.25, 0.3) is 0 Å². The van der Waals surface area contributed by atoms with Crippen molar-refractivity contribution in [1.82, 2.24) is 0 Å². The Morgan fingerprint density at radius 3 is 1.80 bits per heavy atom. The van der Waals surface area contributed by atoms with E-state index in [0.29, 0.717) is 0 Å². The molecule has 0 aliphatic carbocycles. The molecule has 0 radical (unpaired) electrons. The van der Waals surface area contributed by atoms with Crippen LogP contribution in [-0.4, -0.2) is 27.3 Å². The maximum absolute atomic E-state index is 5.25. The van der Waals surface area contributed by atoms with Gasteiger partial charge in [-0.1, -0.05) is 0 Å². The lowest BCUT2D eigenvalue weighted by atomic mass is 10.2. The van der Waals surface area contributed by atoms with Crippen LogP contribution in [0.1, 0.15) is 6.42 Å². The summed E-state index contributed by atoms with van der Waals surface area (Å²) < 4.78 is 10.5. The van der Waals surface area contributed by atoms with Crippen molar-refractivity contribution in [2.75, 3.05) is 37.9 Å². The van der Waals surface area contributed by atoms with E-state index in [9.17, 15) is 0 Å². The van der Waals surface area contributed by atoms with Gasteiger partial charge in [-0.15, -0.1) is 0 Å². The third kappa shape index (κ3) is 1.93. The molecule has 2 N–H and O–H groups in total. The van der Waals surface area contributed by atoms with Crippen LogP contribution < -0.4 is 20.1 Å². The van der Waals surface area contributed by atoms with E-state index in [1.54, 1.807) is 14.2 Å². The lowest BCUT2D eigenvalue weighted by Gasteiger charge is -2.13. The number of rotatable bonds is 2. The van der Waals surface area contributed by atoms with E-state index >= 15 is 0 Å². The maximum Gasteiger partial charge on any atom is 0.162 e. The number of benzene rings is 1. The van der Waals surface area contributed by atoms with E-state index in [0.717, 1.165) is 42.4 Å². The summed E-state index contributed by atoms with van der Waals surface area (Å²) in [5, 5.41) is 6.71. The lowest BCUT2D eigenvalue weighted by molar-refractivity contribution is 0.355. The molecule has 1 heterocycles. The van der Waals surface area contributed by atoms with E-state index in [2.05, 4.69) is 10.6 Å². The summed E-state index contributed by atoms with van der Waals surface area (Å²) in [5.74, 6) is 1.51. The summed E-state index contributed by atoms with van der Waals surface area (Å²) in [4.78, 5) is 0. The zero-order chi connectivity index (χ0) is 10.7. The molecule has 0 amide bonds. The minimum absolute atomic E-state index is 0.757. The fraction of sp³-hybridized carbons (Fsp3) is 0.455. The van der Waals surface area contributed by atoms with Crippen LogP contribution in [0.3, 0.4) is 0 Å². The third-order valence-corrected chi connectivity index (χ3v) is 2.51. The van der Waals surface area contributed by atoms with Crippen molar-refractivity contribution in [2.24, 2.45) is 0 Å². The molecule has 0 aromatic heterocycles. The smallest absolute Gasteiger partial charge is 0.162 e. The highest BCUT2D eigenvalue weighted by atomic mass is 16.5. The minimum atomic E-state index is 0.757. The van der Waals surface area contributed by atoms with Gasteiger partial charge in [0.15, 0.2) is 11.5 Å². The highest BCUT2D eigenvalue weighted by molar-refractivity contribution is 5.74. The first-order valence-corrected chi connectivity index (χ1v) is 5.09. The van der Waals surface area contributed by atoms with Gasteiger partial charge in [0.05, 0.1) is 25.6 Å². The summed E-state index contributed by atoms with van der Waals surface area (Å²) in [6.07, 6.45) is 1.11. The highest BCUT2D eigenvalue weighted by Crippen LogP contribution is 2.36. The lowest BCUT2D eigenvalue weighted by Crippen LogP contribution is -2.01. The number of hydrogen-bond donors (Lipinski definition) is 2. The van der Waals surface area contributed by atoms with Crippen molar-refractivity contribution in [3.05, 3.63) is 12.1 Å². The van der Waals surface area contributed by atoms with Gasteiger partial charge in [-0.25, -0.2) is 0 Å². The van der Waals surface area contributed by atoms with Crippen molar-refractivity contribution in [1.29, 1.82) is 0 Å². The predicted molar refractivity (Wildman–Crippen MR) is 61.1 cm³/mol. The van der Waals surface area contributed by atoms with Crippen molar-refractivity contribution in [3.63, 3.8) is 0 Å². The number of ether oxygens (including phenoxy) is 2. The van der Waals surface area contributed by atoms with Crippen LogP contribution in [0.4, 0.5) is 11.4 Å². The average molecular weight is 208 g/mol. The summed E-state index contributed by atoms with van der Waals surface area (Å²) in [7, 11) is 3.29. The van der Waals surface area contributed by atoms with Crippen LogP contribution >= 0.6 is 0 Å². The van der Waals surface area contributed by atoms with Gasteiger partial charge < -0.3 is 20.1 Å². The van der Waals surface area contributed by atoms with Crippen molar-refractivity contribution < 1.29 is 9.47 Å². The van der Waals surface area contributed by atoms with Crippen molar-refractivity contribution in [3.8, 4) is 11.5 Å². The molecule has 4 heteroatoms. The third-order valence-electron chi connectivity index (χ3n) is 2.51. The molecule has 0 fully saturated rings. The molecule has 15 heavy (non-hydrogen) atoms. The zero-order valence-electron chi connectivity index (χ0n) is 9.09. The van der Waals surface area contributed by atoms with Gasteiger partial charge in [0.1, 0.15) is 0 Å². The standard InChI is InChI=1S/C11H16N2O2/c1-14-10-6-8-9(7-11(10)15-2)13-5-3-4-12-8/h6-7,12-13H,3-5H2,1-2H3. The predicted octanol–water partition coefficient (Wildman–Crippen LogP) is 1.93. The molecule has 1 aromatic carbocycles. The molecular weight excluding hydrogens is 192 g/mol. The second-order valence-corrected chi connectivity index (χ2v) is 3.46. The van der Waals surface area contributed by atoms with Gasteiger partial charge in [-0.3, -0.25) is 0 Å². The Hall–Kier alpha value is -1.58. The normalized spacial score (nSPS) is 14.3. The Kier molecular flexibility index (Phi) is 2.85. The summed E-state index contributed by atoms with van der Waals surface area (Å²) in [5.41, 5.74) is 2.15. The molecular formula is C11H16N2O2. The van der Waals surface area contributed by atoms with Crippen LogP contribution in [0.15, 0.2) is 12.1 Å². The molecule has 1 aliphatic rings. The number of fused-ring (bicyclic) bond motifs is 1. The second kappa shape index (κ2) is 4.29. The quantitative estimate of drug-likeness (QED) is 0.779. The molecule has 0 saturated carbocycles. The Balaban J connectivity index is 2.41. The Morgan fingerprint density at radius 1 is 0.933 bits per heavy atom. The van der Waals surface area contributed by atoms with Gasteiger partial charge in [0, 0.05) is 25.2 Å². The van der Waals surface area contributed by atoms with Crippen LogP contribution in [-0.2, 0) is 0 Å². The Bertz CT molecular complexity index is 320. The fourth-order valence-electron chi connectivity index (χ4n) is 1.71. The van der Waals surface area contributed by atoms with E-state index < -0.39 is 0 Å². The van der Waals surface area contributed by atoms with Crippen LogP contribution in [0.25, 0.3) is 0 Å². The minimum Gasteiger partial charge on any atom is -0.493 e. The number of hydrogen-bond acceptors (Lipinski definition) is 4. The number of methoxy groups -OCH3 is 2. The van der Waals surface area contributed by atoms with E-state index in [1.165, 1.54) is 0 Å². The molecule has 82 valence electrons. The molecule has 1 aliphatic heterocycles. The molecule has 0 spiro atoms. The molecule has 0 bridgehead atoms. The van der Waals surface area contributed by atoms with Crippen molar-refractivity contribution in [2.45, 2.75) is 6.42 Å². The first-order chi connectivity index (χ1) is 7.35. The van der Waals surface area contributed by atoms with Crippen LogP contribution in [0, 0.1) is 0 Å². The molecule has 1 aromatic rings. The van der Waals surface area contributed by atoms with Crippen LogP contribution in [0.2, 0.25) is 0 Å². The molecule has 2 rings (SSSR count). The van der Waals surface area contributed by atoms with E-state index in [4.69, 9.17) is 9.47 Å². The summed E-state index contributed by atoms with van der Waals surface area (Å²) in [6, 6.07) is 3.93. The molecule has 4 nitrogen and oxygen atoms in total. The Labute approximate surface area is 89.6 Å². The topological polar surface area (TPSA) is 42.5 Å². The largest absolute Gasteiger partial charge is 0.493 e. The molecule has 0 atom stereocenters. The van der Waals surface area contributed by atoms with Gasteiger partial charge in [-0.05, 0) is 6.42 Å². The highest BCUT2D eigenvalue weighted by Gasteiger charge is 2.12. The Morgan fingerprint density at radius 2 is 1.40 bits per heavy atom. The average Bonchev–Trinajstić information content (AvgIpc) is 2.51. The fourth-order valence-corrected chi connectivity index (χ4v) is 1.71. The molecule has 0 saturated heterocycles. The SMILES string of the molecule is COc1cc2c(cc1OC)NCCCN2. The van der Waals surface area contributed by atoms with Gasteiger partial charge >= 0.3 is 0 Å². The number of anilines is 2. The number of nitrogens with one attached hydrogen (secondary N) is 2. The monoisotopic (exact) mass is 208 g/mol. The second-order valence-electron chi connectivity index (χ2n) is 3.46. The van der Waals surface area contributed by atoms with E-state index in [-0.39, 0.29) is 0 Å². The summed E-state index contributed by atoms with van der Waals surface area (Å²) in [6.45, 7) is 1.96. The van der Waals surface area contributed by atoms with Crippen molar-refractivity contribution >= 4 is 11.4 Å². The first-order valence-electron chi connectivity index (χ1n) is 5.09. The zero-order valence-corrected chi connectivity index (χ0v) is 9.09. The van der Waals surface area contributed by atoms with Gasteiger partial charge in [0.2, 0.25) is 0 Å². The van der Waals surface area contributed by atoms with Crippen LogP contribution in [0.5, 0.6) is 11.5 Å². The van der Waals surface area contributed by atoms with Gasteiger partial charge in [-0.2, -0.15) is 0 Å².